The van der Waals surface area contributed by atoms with Crippen molar-refractivity contribution in [3.63, 3.8) is 0 Å². The molecule has 0 aliphatic carbocycles. The van der Waals surface area contributed by atoms with E-state index in [9.17, 15) is 31.1 Å². The average molecular weight is 290 g/mol. The van der Waals surface area contributed by atoms with Crippen LogP contribution in [0.4, 0.5) is 26.3 Å². The number of rotatable bonds is 3. The Labute approximate surface area is 102 Å². The van der Waals surface area contributed by atoms with Crippen LogP contribution < -0.4 is 0 Å². The van der Waals surface area contributed by atoms with E-state index in [1.807, 2.05) is 0 Å². The lowest BCUT2D eigenvalue weighted by molar-refractivity contribution is -0.180. The summed E-state index contributed by atoms with van der Waals surface area (Å²) in [4.78, 5) is 10.4. The number of carboxylic acids is 1. The van der Waals surface area contributed by atoms with E-state index in [1.54, 1.807) is 0 Å². The third kappa shape index (κ3) is 3.61. The molecule has 1 rings (SSSR count). The molecule has 4 nitrogen and oxygen atoms in total. The molecule has 0 aromatic carbocycles. The first-order valence-electron chi connectivity index (χ1n) is 4.84. The lowest BCUT2D eigenvalue weighted by Gasteiger charge is -2.18. The van der Waals surface area contributed by atoms with Crippen LogP contribution in [0.1, 0.15) is 23.7 Å². The molecule has 0 saturated carbocycles. The summed E-state index contributed by atoms with van der Waals surface area (Å²) in [5.74, 6) is -1.79. The molecule has 1 aromatic heterocycles. The number of halogens is 6. The summed E-state index contributed by atoms with van der Waals surface area (Å²) in [7, 11) is 0. The van der Waals surface area contributed by atoms with E-state index in [-0.39, 0.29) is 4.68 Å². The molecule has 1 N–H and O–H groups in total. The van der Waals surface area contributed by atoms with Crippen molar-refractivity contribution < 1.29 is 36.2 Å². The second kappa shape index (κ2) is 4.74. The van der Waals surface area contributed by atoms with Gasteiger partial charge in [0, 0.05) is 6.20 Å². The monoisotopic (exact) mass is 290 g/mol. The Bertz CT molecular complexity index is 476. The molecule has 0 aliphatic heterocycles. The minimum atomic E-state index is -5.01. The molecule has 0 radical (unpaired) electrons. The van der Waals surface area contributed by atoms with Crippen LogP contribution in [0.15, 0.2) is 6.20 Å². The molecule has 1 unspecified atom stereocenters. The molecule has 0 amide bonds. The van der Waals surface area contributed by atoms with Gasteiger partial charge in [-0.05, 0) is 12.5 Å². The standard InChI is InChI=1S/C9H8F6N2O2/c1-4-3-17(16-7(4)9(13,14)15)5(2-6(18)19)8(10,11)12/h3,5H,2H2,1H3,(H,18,19). The third-order valence-corrected chi connectivity index (χ3v) is 2.25. The summed E-state index contributed by atoms with van der Waals surface area (Å²) in [6.07, 6.45) is -10.8. The van der Waals surface area contributed by atoms with Crippen molar-refractivity contribution in [3.05, 3.63) is 17.5 Å². The van der Waals surface area contributed by atoms with E-state index in [2.05, 4.69) is 5.10 Å². The number of alkyl halides is 6. The van der Waals surface area contributed by atoms with Gasteiger partial charge < -0.3 is 5.11 Å². The molecule has 108 valence electrons. The molecule has 1 aromatic rings. The van der Waals surface area contributed by atoms with Gasteiger partial charge >= 0.3 is 18.3 Å². The van der Waals surface area contributed by atoms with Gasteiger partial charge in [-0.15, -0.1) is 0 Å². The molecule has 0 bridgehead atoms. The van der Waals surface area contributed by atoms with Crippen molar-refractivity contribution >= 4 is 5.97 Å². The lowest BCUT2D eigenvalue weighted by atomic mass is 10.2. The Hall–Kier alpha value is -1.74. The smallest absolute Gasteiger partial charge is 0.435 e. The topological polar surface area (TPSA) is 55.1 Å². The Morgan fingerprint density at radius 1 is 1.37 bits per heavy atom. The fraction of sp³-hybridized carbons (Fsp3) is 0.556. The zero-order valence-electron chi connectivity index (χ0n) is 9.38. The molecule has 0 aliphatic rings. The van der Waals surface area contributed by atoms with Crippen LogP contribution in [-0.2, 0) is 11.0 Å². The van der Waals surface area contributed by atoms with Crippen LogP contribution in [-0.4, -0.2) is 27.0 Å². The number of aliphatic carboxylic acids is 1. The molecule has 0 saturated heterocycles. The number of aryl methyl sites for hydroxylation is 1. The Kier molecular flexibility index (Phi) is 3.82. The fourth-order valence-corrected chi connectivity index (χ4v) is 1.45. The van der Waals surface area contributed by atoms with Gasteiger partial charge in [0.15, 0.2) is 11.7 Å². The van der Waals surface area contributed by atoms with Gasteiger partial charge in [0.05, 0.1) is 6.42 Å². The number of hydrogen-bond donors (Lipinski definition) is 1. The van der Waals surface area contributed by atoms with Gasteiger partial charge in [0.1, 0.15) is 0 Å². The zero-order chi connectivity index (χ0) is 15.0. The molecule has 1 atom stereocenters. The highest BCUT2D eigenvalue weighted by Gasteiger charge is 2.45. The number of aromatic nitrogens is 2. The van der Waals surface area contributed by atoms with Crippen LogP contribution in [0.25, 0.3) is 0 Å². The molecule has 0 spiro atoms. The highest BCUT2D eigenvalue weighted by Crippen LogP contribution is 2.36. The molecular weight excluding hydrogens is 282 g/mol. The summed E-state index contributed by atoms with van der Waals surface area (Å²) in [5, 5.41) is 11.2. The van der Waals surface area contributed by atoms with Crippen molar-refractivity contribution in [2.45, 2.75) is 31.7 Å². The van der Waals surface area contributed by atoms with Crippen molar-refractivity contribution in [1.82, 2.24) is 9.78 Å². The van der Waals surface area contributed by atoms with Crippen molar-refractivity contribution in [1.29, 1.82) is 0 Å². The van der Waals surface area contributed by atoms with Crippen molar-refractivity contribution in [2.75, 3.05) is 0 Å². The molecule has 1 heterocycles. The zero-order valence-corrected chi connectivity index (χ0v) is 9.38. The van der Waals surface area contributed by atoms with Gasteiger partial charge in [-0.3, -0.25) is 9.48 Å². The number of hydrogen-bond acceptors (Lipinski definition) is 2. The van der Waals surface area contributed by atoms with E-state index < -0.39 is 42.0 Å². The van der Waals surface area contributed by atoms with Crippen LogP contribution in [0.2, 0.25) is 0 Å². The maximum atomic E-state index is 12.6. The maximum absolute atomic E-state index is 12.6. The van der Waals surface area contributed by atoms with Crippen LogP contribution in [0.5, 0.6) is 0 Å². The number of carbonyl (C=O) groups is 1. The quantitative estimate of drug-likeness (QED) is 0.871. The predicted molar refractivity (Wildman–Crippen MR) is 49.3 cm³/mol. The minimum Gasteiger partial charge on any atom is -0.481 e. The van der Waals surface area contributed by atoms with E-state index in [0.717, 1.165) is 6.92 Å². The van der Waals surface area contributed by atoms with Crippen LogP contribution in [0.3, 0.4) is 0 Å². The van der Waals surface area contributed by atoms with E-state index in [0.29, 0.717) is 6.20 Å². The highest BCUT2D eigenvalue weighted by atomic mass is 19.4. The van der Waals surface area contributed by atoms with E-state index >= 15 is 0 Å². The van der Waals surface area contributed by atoms with Gasteiger partial charge in [-0.1, -0.05) is 0 Å². The predicted octanol–water partition coefficient (Wildman–Crippen LogP) is 2.79. The van der Waals surface area contributed by atoms with Crippen LogP contribution in [0, 0.1) is 6.92 Å². The SMILES string of the molecule is Cc1cn(C(CC(=O)O)C(F)(F)F)nc1C(F)(F)F. The summed E-state index contributed by atoms with van der Waals surface area (Å²) in [6, 6.07) is -2.64. The number of nitrogens with zero attached hydrogens (tertiary/aromatic N) is 2. The summed E-state index contributed by atoms with van der Waals surface area (Å²) >= 11 is 0. The van der Waals surface area contributed by atoms with Gasteiger partial charge in [-0.2, -0.15) is 31.4 Å². The largest absolute Gasteiger partial charge is 0.481 e. The summed E-state index contributed by atoms with van der Waals surface area (Å²) in [5.41, 5.74) is -1.97. The summed E-state index contributed by atoms with van der Waals surface area (Å²) < 4.78 is 75.0. The number of carboxylic acid groups (broad SMARTS) is 1. The van der Waals surface area contributed by atoms with E-state index in [4.69, 9.17) is 5.11 Å². The lowest BCUT2D eigenvalue weighted by Crippen LogP contribution is -2.29. The Morgan fingerprint density at radius 3 is 2.21 bits per heavy atom. The van der Waals surface area contributed by atoms with Gasteiger partial charge in [-0.25, -0.2) is 0 Å². The molecular formula is C9H8F6N2O2. The van der Waals surface area contributed by atoms with Gasteiger partial charge in [0.25, 0.3) is 0 Å². The highest BCUT2D eigenvalue weighted by molar-refractivity contribution is 5.67. The maximum Gasteiger partial charge on any atom is 0.435 e. The Balaban J connectivity index is 3.22. The molecule has 0 fully saturated rings. The summed E-state index contributed by atoms with van der Waals surface area (Å²) in [6.45, 7) is 0.945. The minimum absolute atomic E-state index is 0.00766. The van der Waals surface area contributed by atoms with Crippen molar-refractivity contribution in [3.8, 4) is 0 Å². The fourth-order valence-electron chi connectivity index (χ4n) is 1.45. The molecule has 10 heteroatoms. The van der Waals surface area contributed by atoms with Crippen LogP contribution >= 0.6 is 0 Å². The van der Waals surface area contributed by atoms with Crippen molar-refractivity contribution in [2.24, 2.45) is 0 Å². The van der Waals surface area contributed by atoms with Gasteiger partial charge in [0.2, 0.25) is 0 Å². The second-order valence-electron chi connectivity index (χ2n) is 3.79. The Morgan fingerprint density at radius 2 is 1.89 bits per heavy atom. The second-order valence-corrected chi connectivity index (χ2v) is 3.79. The first-order valence-corrected chi connectivity index (χ1v) is 4.84. The van der Waals surface area contributed by atoms with E-state index in [1.165, 1.54) is 0 Å². The average Bonchev–Trinajstić information content (AvgIpc) is 2.53. The first kappa shape index (κ1) is 15.3. The first-order chi connectivity index (χ1) is 8.43. The normalized spacial score (nSPS) is 14.5. The third-order valence-electron chi connectivity index (χ3n) is 2.25. The molecule has 19 heavy (non-hydrogen) atoms.